The van der Waals surface area contributed by atoms with Crippen molar-refractivity contribution in [2.75, 3.05) is 12.3 Å². The molecule has 1 aromatic rings. The van der Waals surface area contributed by atoms with E-state index in [4.69, 9.17) is 10.8 Å². The van der Waals surface area contributed by atoms with Gasteiger partial charge >= 0.3 is 0 Å². The number of hydrogen-bond acceptors (Lipinski definition) is 3. The number of aliphatic hydroxyl groups is 1. The molecule has 0 saturated carbocycles. The zero-order chi connectivity index (χ0) is 13.0. The molecule has 0 aliphatic carbocycles. The molecule has 4 nitrogen and oxygen atoms in total. The summed E-state index contributed by atoms with van der Waals surface area (Å²) >= 11 is 0. The standard InChI is InChI=1S/C13H20N2O2/c1-8-5-4-6-11(14)12(8)13(17)15-10(3)9(2)7-16/h4-6,9-10,16H,7,14H2,1-3H3,(H,15,17). The lowest BCUT2D eigenvalue weighted by atomic mass is 10.0. The zero-order valence-corrected chi connectivity index (χ0v) is 10.5. The molecule has 94 valence electrons. The monoisotopic (exact) mass is 236 g/mol. The van der Waals surface area contributed by atoms with Gasteiger partial charge in [-0.15, -0.1) is 0 Å². The van der Waals surface area contributed by atoms with Crippen molar-refractivity contribution in [2.45, 2.75) is 26.8 Å². The molecule has 4 N–H and O–H groups in total. The number of hydrogen-bond donors (Lipinski definition) is 3. The van der Waals surface area contributed by atoms with E-state index < -0.39 is 0 Å². The molecule has 1 rings (SSSR count). The average molecular weight is 236 g/mol. The van der Waals surface area contributed by atoms with Crippen LogP contribution in [0.15, 0.2) is 18.2 Å². The van der Waals surface area contributed by atoms with Gasteiger partial charge in [-0.2, -0.15) is 0 Å². The number of nitrogen functional groups attached to an aromatic ring is 1. The molecule has 0 aromatic heterocycles. The van der Waals surface area contributed by atoms with Gasteiger partial charge in [-0.05, 0) is 31.4 Å². The number of nitrogens with one attached hydrogen (secondary N) is 1. The van der Waals surface area contributed by atoms with Crippen LogP contribution in [0.25, 0.3) is 0 Å². The number of carbonyl (C=O) groups is 1. The van der Waals surface area contributed by atoms with Gasteiger partial charge in [0.25, 0.3) is 5.91 Å². The zero-order valence-electron chi connectivity index (χ0n) is 10.5. The maximum absolute atomic E-state index is 12.0. The molecular weight excluding hydrogens is 216 g/mol. The van der Waals surface area contributed by atoms with E-state index in [0.717, 1.165) is 5.56 Å². The summed E-state index contributed by atoms with van der Waals surface area (Å²) in [5.41, 5.74) is 7.65. The normalized spacial score (nSPS) is 14.1. The largest absolute Gasteiger partial charge is 0.398 e. The molecular formula is C13H20N2O2. The molecule has 1 amide bonds. The predicted octanol–water partition coefficient (Wildman–Crippen LogP) is 1.32. The fourth-order valence-electron chi connectivity index (χ4n) is 1.58. The summed E-state index contributed by atoms with van der Waals surface area (Å²) in [5, 5.41) is 11.9. The SMILES string of the molecule is Cc1cccc(N)c1C(=O)NC(C)C(C)CO. The second-order valence-corrected chi connectivity index (χ2v) is 4.46. The van der Waals surface area contributed by atoms with Crippen LogP contribution < -0.4 is 11.1 Å². The van der Waals surface area contributed by atoms with E-state index in [1.807, 2.05) is 32.9 Å². The van der Waals surface area contributed by atoms with Gasteiger partial charge in [0.1, 0.15) is 0 Å². The number of nitrogens with two attached hydrogens (primary N) is 1. The van der Waals surface area contributed by atoms with Gasteiger partial charge in [0, 0.05) is 18.3 Å². The number of carbonyl (C=O) groups excluding carboxylic acids is 1. The maximum Gasteiger partial charge on any atom is 0.253 e. The van der Waals surface area contributed by atoms with Crippen LogP contribution in [0.2, 0.25) is 0 Å². The summed E-state index contributed by atoms with van der Waals surface area (Å²) in [4.78, 5) is 12.0. The Balaban J connectivity index is 2.84. The van der Waals surface area contributed by atoms with Gasteiger partial charge in [-0.25, -0.2) is 0 Å². The minimum atomic E-state index is -0.187. The predicted molar refractivity (Wildman–Crippen MR) is 68.8 cm³/mol. The highest BCUT2D eigenvalue weighted by atomic mass is 16.3. The molecule has 2 unspecified atom stereocenters. The highest BCUT2D eigenvalue weighted by Crippen LogP contribution is 2.16. The van der Waals surface area contributed by atoms with Gasteiger partial charge in [0.2, 0.25) is 0 Å². The van der Waals surface area contributed by atoms with E-state index in [2.05, 4.69) is 5.32 Å². The number of aryl methyl sites for hydroxylation is 1. The Morgan fingerprint density at radius 3 is 2.65 bits per heavy atom. The third kappa shape index (κ3) is 3.20. The van der Waals surface area contributed by atoms with E-state index in [1.54, 1.807) is 6.07 Å². The lowest BCUT2D eigenvalue weighted by Crippen LogP contribution is -2.38. The Labute approximate surface area is 102 Å². The molecule has 0 radical (unpaired) electrons. The number of anilines is 1. The second-order valence-electron chi connectivity index (χ2n) is 4.46. The van der Waals surface area contributed by atoms with Gasteiger partial charge in [-0.1, -0.05) is 19.1 Å². The summed E-state index contributed by atoms with van der Waals surface area (Å²) in [6, 6.07) is 5.29. The first-order valence-corrected chi connectivity index (χ1v) is 5.74. The summed E-state index contributed by atoms with van der Waals surface area (Å²) in [6.45, 7) is 5.65. The first-order valence-electron chi connectivity index (χ1n) is 5.74. The first kappa shape index (κ1) is 13.5. The van der Waals surface area contributed by atoms with E-state index in [0.29, 0.717) is 11.3 Å². The van der Waals surface area contributed by atoms with Crippen molar-refractivity contribution in [3.63, 3.8) is 0 Å². The van der Waals surface area contributed by atoms with Crippen LogP contribution >= 0.6 is 0 Å². The van der Waals surface area contributed by atoms with Crippen LogP contribution in [0.3, 0.4) is 0 Å². The molecule has 4 heteroatoms. The van der Waals surface area contributed by atoms with Gasteiger partial charge in [-0.3, -0.25) is 4.79 Å². The average Bonchev–Trinajstić information content (AvgIpc) is 2.27. The fourth-order valence-corrected chi connectivity index (χ4v) is 1.58. The van der Waals surface area contributed by atoms with Crippen molar-refractivity contribution in [3.8, 4) is 0 Å². The fraction of sp³-hybridized carbons (Fsp3) is 0.462. The van der Waals surface area contributed by atoms with Gasteiger partial charge in [0.15, 0.2) is 0 Å². The molecule has 0 spiro atoms. The third-order valence-corrected chi connectivity index (χ3v) is 3.03. The molecule has 2 atom stereocenters. The molecule has 0 bridgehead atoms. The Morgan fingerprint density at radius 2 is 2.12 bits per heavy atom. The smallest absolute Gasteiger partial charge is 0.253 e. The van der Waals surface area contributed by atoms with Crippen molar-refractivity contribution < 1.29 is 9.90 Å². The van der Waals surface area contributed by atoms with Crippen molar-refractivity contribution in [1.29, 1.82) is 0 Å². The summed E-state index contributed by atoms with van der Waals surface area (Å²) < 4.78 is 0. The second kappa shape index (κ2) is 5.68. The van der Waals surface area contributed by atoms with Crippen molar-refractivity contribution in [3.05, 3.63) is 29.3 Å². The highest BCUT2D eigenvalue weighted by molar-refractivity contribution is 6.00. The minimum Gasteiger partial charge on any atom is -0.398 e. The highest BCUT2D eigenvalue weighted by Gasteiger charge is 2.17. The Bertz CT molecular complexity index is 384. The topological polar surface area (TPSA) is 75.4 Å². The molecule has 0 fully saturated rings. The van der Waals surface area contributed by atoms with Crippen LogP contribution in [0.5, 0.6) is 0 Å². The van der Waals surface area contributed by atoms with Crippen molar-refractivity contribution >= 4 is 11.6 Å². The quantitative estimate of drug-likeness (QED) is 0.690. The minimum absolute atomic E-state index is 0.0178. The summed E-state index contributed by atoms with van der Waals surface area (Å²) in [7, 11) is 0. The van der Waals surface area contributed by atoms with Crippen molar-refractivity contribution in [1.82, 2.24) is 5.32 Å². The van der Waals surface area contributed by atoms with E-state index in [-0.39, 0.29) is 24.5 Å². The Hall–Kier alpha value is -1.55. The Kier molecular flexibility index (Phi) is 4.52. The van der Waals surface area contributed by atoms with E-state index >= 15 is 0 Å². The molecule has 0 heterocycles. The van der Waals surface area contributed by atoms with Crippen LogP contribution in [0.4, 0.5) is 5.69 Å². The molecule has 1 aromatic carbocycles. The van der Waals surface area contributed by atoms with Crippen molar-refractivity contribution in [2.24, 2.45) is 5.92 Å². The van der Waals surface area contributed by atoms with Crippen LogP contribution in [-0.4, -0.2) is 23.7 Å². The Morgan fingerprint density at radius 1 is 1.47 bits per heavy atom. The van der Waals surface area contributed by atoms with E-state index in [9.17, 15) is 4.79 Å². The molecule has 0 aliphatic heterocycles. The lowest BCUT2D eigenvalue weighted by molar-refractivity contribution is 0.0916. The number of benzene rings is 1. The summed E-state index contributed by atoms with van der Waals surface area (Å²) in [6.07, 6.45) is 0. The molecule has 0 aliphatic rings. The number of rotatable bonds is 4. The third-order valence-electron chi connectivity index (χ3n) is 3.03. The summed E-state index contributed by atoms with van der Waals surface area (Å²) in [5.74, 6) is -0.169. The first-order chi connectivity index (χ1) is 7.97. The van der Waals surface area contributed by atoms with Crippen LogP contribution in [0.1, 0.15) is 29.8 Å². The maximum atomic E-state index is 12.0. The number of amides is 1. The lowest BCUT2D eigenvalue weighted by Gasteiger charge is -2.20. The van der Waals surface area contributed by atoms with Gasteiger partial charge in [0.05, 0.1) is 5.56 Å². The molecule has 0 saturated heterocycles. The van der Waals surface area contributed by atoms with Gasteiger partial charge < -0.3 is 16.2 Å². The van der Waals surface area contributed by atoms with Crippen LogP contribution in [-0.2, 0) is 0 Å². The van der Waals surface area contributed by atoms with Crippen LogP contribution in [0, 0.1) is 12.8 Å². The van der Waals surface area contributed by atoms with E-state index in [1.165, 1.54) is 0 Å². The number of aliphatic hydroxyl groups excluding tert-OH is 1. The molecule has 17 heavy (non-hydrogen) atoms.